The first-order valence-corrected chi connectivity index (χ1v) is 6.83. The molecule has 0 spiro atoms. The van der Waals surface area contributed by atoms with E-state index in [4.69, 9.17) is 5.11 Å². The molecular weight excluding hydrogens is 286 g/mol. The Morgan fingerprint density at radius 3 is 2.41 bits per heavy atom. The van der Waals surface area contributed by atoms with Crippen molar-refractivity contribution in [3.05, 3.63) is 41.5 Å². The van der Waals surface area contributed by atoms with Gasteiger partial charge in [0.1, 0.15) is 5.75 Å². The predicted octanol–water partition coefficient (Wildman–Crippen LogP) is 2.01. The van der Waals surface area contributed by atoms with Crippen molar-refractivity contribution in [1.82, 2.24) is 4.90 Å². The highest BCUT2D eigenvalue weighted by Gasteiger charge is 2.32. The molecular formula is C16H13NO5. The lowest BCUT2D eigenvalue weighted by Crippen LogP contribution is -2.41. The van der Waals surface area contributed by atoms with Gasteiger partial charge in [0, 0.05) is 34.9 Å². The number of benzene rings is 2. The number of hydrogen-bond acceptors (Lipinski definition) is 4. The van der Waals surface area contributed by atoms with Crippen LogP contribution in [-0.4, -0.2) is 39.4 Å². The maximum absolute atomic E-state index is 12.5. The molecule has 0 bridgehead atoms. The second kappa shape index (κ2) is 5.14. The minimum Gasteiger partial charge on any atom is -0.507 e. The van der Waals surface area contributed by atoms with Crippen LogP contribution in [-0.2, 0) is 4.79 Å². The zero-order valence-electron chi connectivity index (χ0n) is 11.6. The van der Waals surface area contributed by atoms with E-state index >= 15 is 0 Å². The second-order valence-electron chi connectivity index (χ2n) is 5.12. The van der Waals surface area contributed by atoms with Crippen molar-refractivity contribution < 1.29 is 24.6 Å². The average molecular weight is 299 g/mol. The number of carboxylic acid groups (broad SMARTS) is 1. The summed E-state index contributed by atoms with van der Waals surface area (Å²) < 4.78 is 0. The Morgan fingerprint density at radius 2 is 1.73 bits per heavy atom. The Kier molecular flexibility index (Phi) is 3.29. The summed E-state index contributed by atoms with van der Waals surface area (Å²) >= 11 is 0. The van der Waals surface area contributed by atoms with E-state index in [9.17, 15) is 19.5 Å². The minimum absolute atomic E-state index is 0.0144. The number of carbonyl (C=O) groups is 3. The summed E-state index contributed by atoms with van der Waals surface area (Å²) in [6.07, 6.45) is 0.0971. The van der Waals surface area contributed by atoms with Crippen molar-refractivity contribution in [2.75, 3.05) is 6.54 Å². The van der Waals surface area contributed by atoms with Gasteiger partial charge in [0.05, 0.1) is 0 Å². The van der Waals surface area contributed by atoms with Gasteiger partial charge in [-0.25, -0.2) is 0 Å². The molecule has 0 atom stereocenters. The van der Waals surface area contributed by atoms with Crippen LogP contribution in [0.4, 0.5) is 0 Å². The van der Waals surface area contributed by atoms with Crippen molar-refractivity contribution in [1.29, 1.82) is 0 Å². The van der Waals surface area contributed by atoms with Gasteiger partial charge in [0.25, 0.3) is 11.8 Å². The van der Waals surface area contributed by atoms with Crippen molar-refractivity contribution >= 4 is 28.6 Å². The molecule has 22 heavy (non-hydrogen) atoms. The van der Waals surface area contributed by atoms with Crippen LogP contribution in [0.25, 0.3) is 10.8 Å². The SMILES string of the molecule is O=C(O)CCCN1C(=O)c2cccc3c(O)ccc(c23)C1=O. The number of phenolic OH excluding ortho intramolecular Hbond substituents is 1. The van der Waals surface area contributed by atoms with Gasteiger partial charge >= 0.3 is 5.97 Å². The molecule has 0 fully saturated rings. The van der Waals surface area contributed by atoms with Gasteiger partial charge in [-0.15, -0.1) is 0 Å². The fourth-order valence-electron chi connectivity index (χ4n) is 2.72. The first-order valence-electron chi connectivity index (χ1n) is 6.83. The van der Waals surface area contributed by atoms with E-state index in [0.29, 0.717) is 21.9 Å². The molecule has 2 amide bonds. The second-order valence-corrected chi connectivity index (χ2v) is 5.12. The predicted molar refractivity (Wildman–Crippen MR) is 77.8 cm³/mol. The third-order valence-electron chi connectivity index (χ3n) is 3.74. The largest absolute Gasteiger partial charge is 0.507 e. The number of aliphatic carboxylic acids is 1. The van der Waals surface area contributed by atoms with Crippen LogP contribution < -0.4 is 0 Å². The summed E-state index contributed by atoms with van der Waals surface area (Å²) in [6.45, 7) is 0.0562. The molecule has 1 aliphatic heterocycles. The number of hydrogen-bond donors (Lipinski definition) is 2. The fraction of sp³-hybridized carbons (Fsp3) is 0.188. The van der Waals surface area contributed by atoms with Crippen LogP contribution in [0.1, 0.15) is 33.6 Å². The number of carbonyl (C=O) groups excluding carboxylic acids is 2. The summed E-state index contributed by atoms with van der Waals surface area (Å²) in [7, 11) is 0. The lowest BCUT2D eigenvalue weighted by molar-refractivity contribution is -0.137. The number of amides is 2. The molecule has 0 aromatic heterocycles. The lowest BCUT2D eigenvalue weighted by Gasteiger charge is -2.27. The number of carboxylic acids is 1. The standard InChI is InChI=1S/C16H13NO5/c18-12-7-6-11-14-9(12)3-1-4-10(14)15(21)17(16(11)22)8-2-5-13(19)20/h1,3-4,6-7,18H,2,5,8H2,(H,19,20). The molecule has 1 heterocycles. The van der Waals surface area contributed by atoms with E-state index in [1.54, 1.807) is 18.2 Å². The van der Waals surface area contributed by atoms with Crippen molar-refractivity contribution in [3.8, 4) is 5.75 Å². The van der Waals surface area contributed by atoms with E-state index in [1.807, 2.05) is 0 Å². The summed E-state index contributed by atoms with van der Waals surface area (Å²) in [5, 5.41) is 19.5. The van der Waals surface area contributed by atoms with Gasteiger partial charge in [0.15, 0.2) is 0 Å². The fourth-order valence-corrected chi connectivity index (χ4v) is 2.72. The Morgan fingerprint density at radius 1 is 1.05 bits per heavy atom. The monoisotopic (exact) mass is 299 g/mol. The minimum atomic E-state index is -0.968. The molecule has 0 saturated heterocycles. The molecule has 1 aliphatic rings. The van der Waals surface area contributed by atoms with Gasteiger partial charge in [0.2, 0.25) is 0 Å². The highest BCUT2D eigenvalue weighted by molar-refractivity contribution is 6.26. The van der Waals surface area contributed by atoms with Gasteiger partial charge in [-0.3, -0.25) is 19.3 Å². The molecule has 2 aromatic rings. The van der Waals surface area contributed by atoms with Crippen molar-refractivity contribution in [2.45, 2.75) is 12.8 Å². The topological polar surface area (TPSA) is 94.9 Å². The summed E-state index contributed by atoms with van der Waals surface area (Å²) in [5.74, 6) is -1.87. The Hall–Kier alpha value is -2.89. The van der Waals surface area contributed by atoms with Crippen LogP contribution in [0.5, 0.6) is 5.75 Å². The maximum atomic E-state index is 12.5. The van der Waals surface area contributed by atoms with Gasteiger partial charge in [-0.2, -0.15) is 0 Å². The zero-order valence-corrected chi connectivity index (χ0v) is 11.6. The third kappa shape index (κ3) is 2.09. The summed E-state index contributed by atoms with van der Waals surface area (Å²) in [6, 6.07) is 7.80. The molecule has 0 saturated carbocycles. The normalized spacial score (nSPS) is 13.7. The van der Waals surface area contributed by atoms with E-state index in [0.717, 1.165) is 4.90 Å². The van der Waals surface area contributed by atoms with Gasteiger partial charge < -0.3 is 10.2 Å². The van der Waals surface area contributed by atoms with E-state index in [-0.39, 0.29) is 25.1 Å². The Labute approximate surface area is 125 Å². The van der Waals surface area contributed by atoms with Crippen LogP contribution >= 0.6 is 0 Å². The van der Waals surface area contributed by atoms with E-state index in [1.165, 1.54) is 12.1 Å². The summed E-state index contributed by atoms with van der Waals surface area (Å²) in [4.78, 5) is 36.6. The van der Waals surface area contributed by atoms with Crippen LogP contribution in [0.15, 0.2) is 30.3 Å². The van der Waals surface area contributed by atoms with Crippen LogP contribution in [0.3, 0.4) is 0 Å². The molecule has 2 aromatic carbocycles. The molecule has 2 N–H and O–H groups in total. The molecule has 3 rings (SSSR count). The number of nitrogens with zero attached hydrogens (tertiary/aromatic N) is 1. The first-order chi connectivity index (χ1) is 10.5. The summed E-state index contributed by atoms with van der Waals surface area (Å²) in [5.41, 5.74) is 0.691. The number of aromatic hydroxyl groups is 1. The van der Waals surface area contributed by atoms with Gasteiger partial charge in [-0.05, 0) is 24.6 Å². The highest BCUT2D eigenvalue weighted by Crippen LogP contribution is 2.34. The van der Waals surface area contributed by atoms with E-state index < -0.39 is 17.8 Å². The van der Waals surface area contributed by atoms with Crippen molar-refractivity contribution in [2.24, 2.45) is 0 Å². The zero-order chi connectivity index (χ0) is 15.9. The number of imide groups is 1. The van der Waals surface area contributed by atoms with Crippen molar-refractivity contribution in [3.63, 3.8) is 0 Å². The molecule has 0 radical (unpaired) electrons. The Bertz CT molecular complexity index is 789. The number of rotatable bonds is 4. The third-order valence-corrected chi connectivity index (χ3v) is 3.74. The lowest BCUT2D eigenvalue weighted by atomic mass is 9.93. The average Bonchev–Trinajstić information content (AvgIpc) is 2.49. The smallest absolute Gasteiger partial charge is 0.303 e. The van der Waals surface area contributed by atoms with E-state index in [2.05, 4.69) is 0 Å². The Balaban J connectivity index is 2.05. The van der Waals surface area contributed by atoms with Crippen LogP contribution in [0.2, 0.25) is 0 Å². The molecule has 0 unspecified atom stereocenters. The van der Waals surface area contributed by atoms with Crippen LogP contribution in [0, 0.1) is 0 Å². The molecule has 0 aliphatic carbocycles. The number of phenols is 1. The van der Waals surface area contributed by atoms with Gasteiger partial charge in [-0.1, -0.05) is 12.1 Å². The molecule has 6 nitrogen and oxygen atoms in total. The molecule has 112 valence electrons. The molecule has 6 heteroatoms. The quantitative estimate of drug-likeness (QED) is 0.842. The highest BCUT2D eigenvalue weighted by atomic mass is 16.4. The maximum Gasteiger partial charge on any atom is 0.303 e. The first kappa shape index (κ1) is 14.1.